The molecule has 0 amide bonds. The SMILES string of the molecule is Cc1c(F)c2ccccc2n1C. The van der Waals surface area contributed by atoms with Crippen LogP contribution in [0.25, 0.3) is 10.9 Å². The minimum absolute atomic E-state index is 0.104. The van der Waals surface area contributed by atoms with Gasteiger partial charge < -0.3 is 4.57 Å². The number of hydrogen-bond donors (Lipinski definition) is 0. The largest absolute Gasteiger partial charge is 0.345 e. The average Bonchev–Trinajstić information content (AvgIpc) is 2.33. The van der Waals surface area contributed by atoms with Crippen molar-refractivity contribution in [3.8, 4) is 0 Å². The van der Waals surface area contributed by atoms with Crippen LogP contribution < -0.4 is 0 Å². The van der Waals surface area contributed by atoms with Gasteiger partial charge in [-0.15, -0.1) is 0 Å². The van der Waals surface area contributed by atoms with Crippen molar-refractivity contribution in [2.75, 3.05) is 0 Å². The highest BCUT2D eigenvalue weighted by Gasteiger charge is 2.09. The third-order valence-corrected chi connectivity index (χ3v) is 2.32. The summed E-state index contributed by atoms with van der Waals surface area (Å²) in [6.45, 7) is 1.79. The molecule has 0 fully saturated rings. The summed E-state index contributed by atoms with van der Waals surface area (Å²) < 4.78 is 15.3. The second kappa shape index (κ2) is 2.34. The number of halogens is 1. The average molecular weight is 163 g/mol. The van der Waals surface area contributed by atoms with Crippen molar-refractivity contribution >= 4 is 10.9 Å². The van der Waals surface area contributed by atoms with Crippen LogP contribution in [0.3, 0.4) is 0 Å². The van der Waals surface area contributed by atoms with Gasteiger partial charge in [0.25, 0.3) is 0 Å². The molecule has 0 aliphatic heterocycles. The lowest BCUT2D eigenvalue weighted by atomic mass is 10.2. The van der Waals surface area contributed by atoms with Crippen LogP contribution in [-0.2, 0) is 7.05 Å². The summed E-state index contributed by atoms with van der Waals surface area (Å²) in [5, 5.41) is 0.706. The molecule has 0 unspecified atom stereocenters. The fraction of sp³-hybridized carbons (Fsp3) is 0.200. The molecule has 1 nitrogen and oxygen atoms in total. The monoisotopic (exact) mass is 163 g/mol. The Labute approximate surface area is 70.4 Å². The first-order chi connectivity index (χ1) is 5.72. The predicted molar refractivity (Wildman–Crippen MR) is 47.6 cm³/mol. The van der Waals surface area contributed by atoms with Crippen molar-refractivity contribution in [1.82, 2.24) is 4.57 Å². The molecule has 0 bridgehead atoms. The predicted octanol–water partition coefficient (Wildman–Crippen LogP) is 2.63. The van der Waals surface area contributed by atoms with Crippen LogP contribution in [0.2, 0.25) is 0 Å². The smallest absolute Gasteiger partial charge is 0.151 e. The van der Waals surface area contributed by atoms with Crippen LogP contribution in [-0.4, -0.2) is 4.57 Å². The lowest BCUT2D eigenvalue weighted by Gasteiger charge is -1.95. The van der Waals surface area contributed by atoms with E-state index in [0.717, 1.165) is 5.52 Å². The molecular formula is C10H10FN. The summed E-state index contributed by atoms with van der Waals surface area (Å²) >= 11 is 0. The van der Waals surface area contributed by atoms with E-state index in [1.54, 1.807) is 13.0 Å². The molecule has 0 atom stereocenters. The van der Waals surface area contributed by atoms with Crippen LogP contribution >= 0.6 is 0 Å². The Morgan fingerprint density at radius 2 is 1.92 bits per heavy atom. The van der Waals surface area contributed by atoms with E-state index in [1.807, 2.05) is 29.8 Å². The highest BCUT2D eigenvalue weighted by Crippen LogP contribution is 2.22. The number of para-hydroxylation sites is 1. The molecular weight excluding hydrogens is 153 g/mol. The Morgan fingerprint density at radius 3 is 2.58 bits per heavy atom. The van der Waals surface area contributed by atoms with Crippen molar-refractivity contribution in [3.63, 3.8) is 0 Å². The van der Waals surface area contributed by atoms with Gasteiger partial charge in [0.15, 0.2) is 5.82 Å². The molecule has 2 heteroatoms. The number of nitrogens with zero attached hydrogens (tertiary/aromatic N) is 1. The van der Waals surface area contributed by atoms with Crippen LogP contribution in [0.15, 0.2) is 24.3 Å². The second-order valence-electron chi connectivity index (χ2n) is 2.98. The molecule has 0 aliphatic carbocycles. The second-order valence-corrected chi connectivity index (χ2v) is 2.98. The maximum Gasteiger partial charge on any atom is 0.151 e. The van der Waals surface area contributed by atoms with Gasteiger partial charge in [-0.05, 0) is 19.1 Å². The lowest BCUT2D eigenvalue weighted by Crippen LogP contribution is -1.89. The first-order valence-electron chi connectivity index (χ1n) is 3.91. The molecule has 0 saturated carbocycles. The zero-order chi connectivity index (χ0) is 8.72. The molecule has 0 saturated heterocycles. The Morgan fingerprint density at radius 1 is 1.25 bits per heavy atom. The summed E-state index contributed by atoms with van der Waals surface area (Å²) in [5.74, 6) is -0.104. The summed E-state index contributed by atoms with van der Waals surface area (Å²) in [5.41, 5.74) is 1.64. The third kappa shape index (κ3) is 0.779. The summed E-state index contributed by atoms with van der Waals surface area (Å²) in [7, 11) is 1.88. The summed E-state index contributed by atoms with van der Waals surface area (Å²) in [6, 6.07) is 7.50. The number of aryl methyl sites for hydroxylation is 1. The fourth-order valence-electron chi connectivity index (χ4n) is 1.47. The van der Waals surface area contributed by atoms with Crippen molar-refractivity contribution in [1.29, 1.82) is 0 Å². The van der Waals surface area contributed by atoms with Gasteiger partial charge in [0.05, 0.1) is 11.2 Å². The van der Waals surface area contributed by atoms with Crippen LogP contribution in [0, 0.1) is 12.7 Å². The number of fused-ring (bicyclic) bond motifs is 1. The summed E-state index contributed by atoms with van der Waals surface area (Å²) in [6.07, 6.45) is 0. The van der Waals surface area contributed by atoms with E-state index in [0.29, 0.717) is 11.1 Å². The van der Waals surface area contributed by atoms with Crippen molar-refractivity contribution in [2.24, 2.45) is 7.05 Å². The Kier molecular flexibility index (Phi) is 1.43. The van der Waals surface area contributed by atoms with Crippen molar-refractivity contribution < 1.29 is 4.39 Å². The molecule has 1 aromatic carbocycles. The quantitative estimate of drug-likeness (QED) is 0.562. The number of hydrogen-bond acceptors (Lipinski definition) is 0. The molecule has 62 valence electrons. The van der Waals surface area contributed by atoms with Crippen LogP contribution in [0.5, 0.6) is 0 Å². The maximum atomic E-state index is 13.4. The molecule has 1 heterocycles. The number of rotatable bonds is 0. The highest BCUT2D eigenvalue weighted by atomic mass is 19.1. The number of aromatic nitrogens is 1. The fourth-order valence-corrected chi connectivity index (χ4v) is 1.47. The lowest BCUT2D eigenvalue weighted by molar-refractivity contribution is 0.620. The normalized spacial score (nSPS) is 10.9. The first-order valence-corrected chi connectivity index (χ1v) is 3.91. The molecule has 0 N–H and O–H groups in total. The molecule has 0 radical (unpaired) electrons. The third-order valence-electron chi connectivity index (χ3n) is 2.32. The van der Waals surface area contributed by atoms with Gasteiger partial charge in [-0.3, -0.25) is 0 Å². The van der Waals surface area contributed by atoms with Gasteiger partial charge in [0.1, 0.15) is 0 Å². The molecule has 0 spiro atoms. The van der Waals surface area contributed by atoms with Gasteiger partial charge in [-0.2, -0.15) is 0 Å². The van der Waals surface area contributed by atoms with Gasteiger partial charge >= 0.3 is 0 Å². The van der Waals surface area contributed by atoms with E-state index >= 15 is 0 Å². The Balaban J connectivity index is 2.99. The van der Waals surface area contributed by atoms with Crippen LogP contribution in [0.1, 0.15) is 5.69 Å². The minimum atomic E-state index is -0.104. The van der Waals surface area contributed by atoms with E-state index in [1.165, 1.54) is 0 Å². The molecule has 12 heavy (non-hydrogen) atoms. The van der Waals surface area contributed by atoms with E-state index < -0.39 is 0 Å². The van der Waals surface area contributed by atoms with E-state index in [-0.39, 0.29) is 5.82 Å². The first kappa shape index (κ1) is 7.35. The van der Waals surface area contributed by atoms with Gasteiger partial charge in [0, 0.05) is 12.4 Å². The zero-order valence-electron chi connectivity index (χ0n) is 7.13. The van der Waals surface area contributed by atoms with E-state index in [4.69, 9.17) is 0 Å². The molecule has 2 rings (SSSR count). The Hall–Kier alpha value is -1.31. The van der Waals surface area contributed by atoms with Crippen LogP contribution in [0.4, 0.5) is 4.39 Å². The van der Waals surface area contributed by atoms with E-state index in [2.05, 4.69) is 0 Å². The van der Waals surface area contributed by atoms with Crippen molar-refractivity contribution in [2.45, 2.75) is 6.92 Å². The maximum absolute atomic E-state index is 13.4. The van der Waals surface area contributed by atoms with Gasteiger partial charge in [0.2, 0.25) is 0 Å². The zero-order valence-corrected chi connectivity index (χ0v) is 7.13. The highest BCUT2D eigenvalue weighted by molar-refractivity contribution is 5.81. The summed E-state index contributed by atoms with van der Waals surface area (Å²) in [4.78, 5) is 0. The minimum Gasteiger partial charge on any atom is -0.345 e. The molecule has 0 aliphatic rings. The van der Waals surface area contributed by atoms with E-state index in [9.17, 15) is 4.39 Å². The Bertz CT molecular complexity index is 390. The van der Waals surface area contributed by atoms with Crippen molar-refractivity contribution in [3.05, 3.63) is 35.8 Å². The van der Waals surface area contributed by atoms with Gasteiger partial charge in [-0.25, -0.2) is 4.39 Å². The topological polar surface area (TPSA) is 4.93 Å². The number of benzene rings is 1. The standard InChI is InChI=1S/C10H10FN/c1-7-10(11)8-5-3-4-6-9(8)12(7)2/h3-6H,1-2H3. The molecule has 2 aromatic rings. The van der Waals surface area contributed by atoms with Gasteiger partial charge in [-0.1, -0.05) is 12.1 Å². The molecule has 1 aromatic heterocycles.